The van der Waals surface area contributed by atoms with Gasteiger partial charge < -0.3 is 10.1 Å². The van der Waals surface area contributed by atoms with E-state index in [-0.39, 0.29) is 11.3 Å². The van der Waals surface area contributed by atoms with E-state index in [0.717, 1.165) is 49.2 Å². The van der Waals surface area contributed by atoms with E-state index in [1.54, 1.807) is 6.07 Å². The first-order valence-corrected chi connectivity index (χ1v) is 9.87. The third-order valence-corrected chi connectivity index (χ3v) is 5.09. The highest BCUT2D eigenvalue weighted by Crippen LogP contribution is 2.35. The summed E-state index contributed by atoms with van der Waals surface area (Å²) in [6, 6.07) is 12.8. The van der Waals surface area contributed by atoms with E-state index in [0.29, 0.717) is 5.02 Å². The number of ether oxygens (including phenoxy) is 1. The summed E-state index contributed by atoms with van der Waals surface area (Å²) in [6.07, 6.45) is 4.96. The molecular weight excluding hydrogens is 376 g/mol. The Kier molecular flexibility index (Phi) is 6.37. The summed E-state index contributed by atoms with van der Waals surface area (Å²) in [5, 5.41) is 14.7. The van der Waals surface area contributed by atoms with Crippen molar-refractivity contribution in [2.24, 2.45) is 0 Å². The number of nitro groups is 1. The lowest BCUT2D eigenvalue weighted by atomic mass is 9.94. The standard InChI is InChI=1S/C22H25ClN2O3/c1-22(2)14-17(19-8-3-4-9-21(19)28-22)15-24-12-6-5-7-16-10-11-18(25(26)27)13-20(16)23/h3-4,8-11,13-14,24H,5-7,12,15H2,1-2H3. The van der Waals surface area contributed by atoms with E-state index in [1.807, 2.05) is 18.2 Å². The van der Waals surface area contributed by atoms with Crippen molar-refractivity contribution in [2.45, 2.75) is 38.7 Å². The van der Waals surface area contributed by atoms with Crippen LogP contribution in [0.25, 0.3) is 5.57 Å². The molecule has 0 radical (unpaired) electrons. The van der Waals surface area contributed by atoms with Crippen LogP contribution in [0.2, 0.25) is 5.02 Å². The highest BCUT2D eigenvalue weighted by Gasteiger charge is 2.25. The van der Waals surface area contributed by atoms with Crippen LogP contribution in [0.1, 0.15) is 37.8 Å². The van der Waals surface area contributed by atoms with Crippen LogP contribution in [-0.4, -0.2) is 23.6 Å². The number of rotatable bonds is 8. The number of hydrogen-bond acceptors (Lipinski definition) is 4. The molecule has 5 nitrogen and oxygen atoms in total. The van der Waals surface area contributed by atoms with E-state index in [4.69, 9.17) is 16.3 Å². The number of hydrogen-bond donors (Lipinski definition) is 1. The summed E-state index contributed by atoms with van der Waals surface area (Å²) in [6.45, 7) is 5.82. The molecule has 3 rings (SSSR count). The van der Waals surface area contributed by atoms with Crippen molar-refractivity contribution in [3.63, 3.8) is 0 Å². The largest absolute Gasteiger partial charge is 0.483 e. The molecule has 28 heavy (non-hydrogen) atoms. The zero-order valence-corrected chi connectivity index (χ0v) is 17.0. The Morgan fingerprint density at radius 3 is 2.71 bits per heavy atom. The van der Waals surface area contributed by atoms with Gasteiger partial charge in [-0.2, -0.15) is 0 Å². The van der Waals surface area contributed by atoms with Gasteiger partial charge in [-0.25, -0.2) is 0 Å². The van der Waals surface area contributed by atoms with Crippen LogP contribution in [-0.2, 0) is 6.42 Å². The van der Waals surface area contributed by atoms with Crippen LogP contribution in [0.15, 0.2) is 48.5 Å². The summed E-state index contributed by atoms with van der Waals surface area (Å²) in [5.41, 5.74) is 3.08. The number of non-ortho nitro benzene ring substituents is 1. The molecule has 0 saturated carbocycles. The van der Waals surface area contributed by atoms with Crippen LogP contribution in [0.4, 0.5) is 5.69 Å². The quantitative estimate of drug-likeness (QED) is 0.365. The second-order valence-electron chi connectivity index (χ2n) is 7.54. The fourth-order valence-corrected chi connectivity index (χ4v) is 3.69. The molecule has 0 aromatic heterocycles. The maximum Gasteiger partial charge on any atom is 0.270 e. The SMILES string of the molecule is CC1(C)C=C(CNCCCCc2ccc([N+](=O)[O-])cc2Cl)c2ccccc2O1. The van der Waals surface area contributed by atoms with Gasteiger partial charge in [0.1, 0.15) is 11.4 Å². The molecular formula is C22H25ClN2O3. The Balaban J connectivity index is 1.46. The Labute approximate surface area is 170 Å². The third-order valence-electron chi connectivity index (χ3n) is 4.74. The van der Waals surface area contributed by atoms with Crippen LogP contribution >= 0.6 is 11.6 Å². The molecule has 0 bridgehead atoms. The molecule has 1 aliphatic heterocycles. The highest BCUT2D eigenvalue weighted by molar-refractivity contribution is 6.31. The van der Waals surface area contributed by atoms with Gasteiger partial charge in [0, 0.05) is 24.2 Å². The first-order valence-electron chi connectivity index (χ1n) is 9.49. The van der Waals surface area contributed by atoms with Gasteiger partial charge in [-0.3, -0.25) is 10.1 Å². The maximum absolute atomic E-state index is 10.8. The summed E-state index contributed by atoms with van der Waals surface area (Å²) in [5.74, 6) is 0.930. The predicted octanol–water partition coefficient (Wildman–Crippen LogP) is 5.42. The highest BCUT2D eigenvalue weighted by atomic mass is 35.5. The van der Waals surface area contributed by atoms with Gasteiger partial charge in [-0.15, -0.1) is 0 Å². The number of benzene rings is 2. The van der Waals surface area contributed by atoms with Crippen molar-refractivity contribution < 1.29 is 9.66 Å². The average Bonchev–Trinajstić information content (AvgIpc) is 2.64. The molecule has 0 unspecified atom stereocenters. The maximum atomic E-state index is 10.8. The molecule has 0 amide bonds. The molecule has 2 aromatic rings. The zero-order valence-electron chi connectivity index (χ0n) is 16.2. The minimum absolute atomic E-state index is 0.0309. The van der Waals surface area contributed by atoms with Crippen LogP contribution in [0, 0.1) is 10.1 Å². The van der Waals surface area contributed by atoms with Gasteiger partial charge in [-0.05, 0) is 62.9 Å². The number of nitrogens with zero attached hydrogens (tertiary/aromatic N) is 1. The molecule has 0 spiro atoms. The number of fused-ring (bicyclic) bond motifs is 1. The van der Waals surface area contributed by atoms with Crippen LogP contribution < -0.4 is 10.1 Å². The van der Waals surface area contributed by atoms with E-state index >= 15 is 0 Å². The summed E-state index contributed by atoms with van der Waals surface area (Å²) < 4.78 is 6.02. The number of unbranched alkanes of at least 4 members (excludes halogenated alkanes) is 1. The second-order valence-corrected chi connectivity index (χ2v) is 7.95. The summed E-state index contributed by atoms with van der Waals surface area (Å²) in [4.78, 5) is 10.3. The molecule has 2 aromatic carbocycles. The van der Waals surface area contributed by atoms with Gasteiger partial charge in [0.25, 0.3) is 5.69 Å². The zero-order chi connectivity index (χ0) is 20.1. The van der Waals surface area contributed by atoms with Gasteiger partial charge in [0.2, 0.25) is 0 Å². The van der Waals surface area contributed by atoms with Gasteiger partial charge in [-0.1, -0.05) is 35.9 Å². The minimum Gasteiger partial charge on any atom is -0.483 e. The van der Waals surface area contributed by atoms with Crippen molar-refractivity contribution in [1.82, 2.24) is 5.32 Å². The minimum atomic E-state index is -0.427. The topological polar surface area (TPSA) is 64.4 Å². The van der Waals surface area contributed by atoms with Gasteiger partial charge in [0.15, 0.2) is 0 Å². The van der Waals surface area contributed by atoms with Crippen molar-refractivity contribution in [3.8, 4) is 5.75 Å². The van der Waals surface area contributed by atoms with Crippen molar-refractivity contribution in [3.05, 3.63) is 74.8 Å². The Morgan fingerprint density at radius 1 is 1.18 bits per heavy atom. The second kappa shape index (κ2) is 8.76. The van der Waals surface area contributed by atoms with Crippen LogP contribution in [0.5, 0.6) is 5.75 Å². The Hall–Kier alpha value is -2.37. The Morgan fingerprint density at radius 2 is 1.96 bits per heavy atom. The molecule has 0 fully saturated rings. The Bertz CT molecular complexity index is 893. The van der Waals surface area contributed by atoms with Crippen molar-refractivity contribution in [2.75, 3.05) is 13.1 Å². The van der Waals surface area contributed by atoms with E-state index in [9.17, 15) is 10.1 Å². The molecule has 0 aliphatic carbocycles. The monoisotopic (exact) mass is 400 g/mol. The number of aryl methyl sites for hydroxylation is 1. The first kappa shape index (κ1) is 20.4. The van der Waals surface area contributed by atoms with Crippen molar-refractivity contribution in [1.29, 1.82) is 0 Å². The summed E-state index contributed by atoms with van der Waals surface area (Å²) >= 11 is 6.15. The smallest absolute Gasteiger partial charge is 0.270 e. The molecule has 1 aliphatic rings. The number of nitrogens with one attached hydrogen (secondary N) is 1. The molecule has 6 heteroatoms. The molecule has 1 heterocycles. The average molecular weight is 401 g/mol. The molecule has 0 atom stereocenters. The lowest BCUT2D eigenvalue weighted by molar-refractivity contribution is -0.384. The fraction of sp³-hybridized carbons (Fsp3) is 0.364. The lowest BCUT2D eigenvalue weighted by Gasteiger charge is -2.31. The number of halogens is 1. The van der Waals surface area contributed by atoms with Gasteiger partial charge in [0.05, 0.1) is 9.95 Å². The van der Waals surface area contributed by atoms with E-state index in [1.165, 1.54) is 17.7 Å². The van der Waals surface area contributed by atoms with E-state index < -0.39 is 4.92 Å². The van der Waals surface area contributed by atoms with Crippen LogP contribution in [0.3, 0.4) is 0 Å². The predicted molar refractivity (Wildman–Crippen MR) is 113 cm³/mol. The fourth-order valence-electron chi connectivity index (χ4n) is 3.42. The number of nitro benzene ring substituents is 1. The van der Waals surface area contributed by atoms with Gasteiger partial charge >= 0.3 is 0 Å². The third kappa shape index (κ3) is 5.12. The molecule has 0 saturated heterocycles. The normalized spacial score (nSPS) is 14.8. The molecule has 148 valence electrons. The lowest BCUT2D eigenvalue weighted by Crippen LogP contribution is -2.31. The van der Waals surface area contributed by atoms with Crippen molar-refractivity contribution >= 4 is 22.9 Å². The summed E-state index contributed by atoms with van der Waals surface area (Å²) in [7, 11) is 0. The van der Waals surface area contributed by atoms with E-state index in [2.05, 4.69) is 31.3 Å². The molecule has 1 N–H and O–H groups in total. The first-order chi connectivity index (χ1) is 13.4. The number of para-hydroxylation sites is 1.